The molecule has 0 bridgehead atoms. The Morgan fingerprint density at radius 3 is 2.68 bits per heavy atom. The predicted octanol–water partition coefficient (Wildman–Crippen LogP) is 3.16. The number of rotatable bonds is 4. The van der Waals surface area contributed by atoms with Crippen molar-refractivity contribution in [2.75, 3.05) is 18.4 Å². The lowest BCUT2D eigenvalue weighted by Crippen LogP contribution is -2.48. The lowest BCUT2D eigenvalue weighted by molar-refractivity contribution is -0.121. The van der Waals surface area contributed by atoms with Gasteiger partial charge in [-0.05, 0) is 61.5 Å². The smallest absolute Gasteiger partial charge is 0.227 e. The fraction of sp³-hybridized carbons (Fsp3) is 0.263. The third-order valence-corrected chi connectivity index (χ3v) is 4.80. The van der Waals surface area contributed by atoms with Gasteiger partial charge in [0.05, 0.1) is 11.0 Å². The fourth-order valence-electron chi connectivity index (χ4n) is 2.97. The number of halogens is 1. The first kappa shape index (κ1) is 15.8. The molecule has 0 radical (unpaired) electrons. The lowest BCUT2D eigenvalue weighted by atomic mass is 9.88. The van der Waals surface area contributed by atoms with Gasteiger partial charge < -0.3 is 15.6 Å². The number of carbonyl (C=O) groups excluding carboxylic acids is 1. The second kappa shape index (κ2) is 6.29. The molecule has 1 fully saturated rings. The minimum absolute atomic E-state index is 0.0199. The number of aromatic nitrogens is 2. The van der Waals surface area contributed by atoms with Gasteiger partial charge in [0.2, 0.25) is 5.91 Å². The number of carbonyl (C=O) groups is 1. The van der Waals surface area contributed by atoms with Gasteiger partial charge >= 0.3 is 0 Å². The number of nitrogens with zero attached hydrogens (tertiary/aromatic N) is 1. The average Bonchev–Trinajstić information content (AvgIpc) is 2.97. The molecule has 1 aliphatic heterocycles. The second-order valence-corrected chi connectivity index (χ2v) is 6.52. The van der Waals surface area contributed by atoms with Crippen LogP contribution in [0.3, 0.4) is 0 Å². The average molecular weight is 338 g/mol. The summed E-state index contributed by atoms with van der Waals surface area (Å²) >= 11 is 0. The van der Waals surface area contributed by atoms with Crippen molar-refractivity contribution in [2.45, 2.75) is 6.92 Å². The molecule has 25 heavy (non-hydrogen) atoms. The first-order valence-corrected chi connectivity index (χ1v) is 8.37. The standard InChI is InChI=1S/C19H19FN4O/c1-11(13-9-21-10-13)19(25)22-15-6-7-16-17(8-15)24-18(23-16)12-2-4-14(20)5-3-12/h2-8,11,13,21H,9-10H2,1H3,(H,22,25)(H,23,24). The Kier molecular flexibility index (Phi) is 3.97. The van der Waals surface area contributed by atoms with Crippen LogP contribution in [0.25, 0.3) is 22.4 Å². The number of benzene rings is 2. The number of H-pyrrole nitrogens is 1. The minimum Gasteiger partial charge on any atom is -0.338 e. The summed E-state index contributed by atoms with van der Waals surface area (Å²) in [6.45, 7) is 3.76. The van der Waals surface area contributed by atoms with E-state index in [1.807, 2.05) is 25.1 Å². The van der Waals surface area contributed by atoms with E-state index in [0.29, 0.717) is 11.7 Å². The zero-order chi connectivity index (χ0) is 17.4. The molecule has 128 valence electrons. The predicted molar refractivity (Wildman–Crippen MR) is 95.6 cm³/mol. The zero-order valence-electron chi connectivity index (χ0n) is 13.8. The maximum atomic E-state index is 13.1. The maximum absolute atomic E-state index is 13.1. The van der Waals surface area contributed by atoms with Gasteiger partial charge in [0, 0.05) is 17.2 Å². The monoisotopic (exact) mass is 338 g/mol. The van der Waals surface area contributed by atoms with E-state index in [9.17, 15) is 9.18 Å². The lowest BCUT2D eigenvalue weighted by Gasteiger charge is -2.31. The van der Waals surface area contributed by atoms with Gasteiger partial charge in [-0.3, -0.25) is 4.79 Å². The molecule has 0 spiro atoms. The Morgan fingerprint density at radius 1 is 1.24 bits per heavy atom. The number of nitrogens with one attached hydrogen (secondary N) is 3. The van der Waals surface area contributed by atoms with Crippen molar-refractivity contribution in [2.24, 2.45) is 11.8 Å². The third kappa shape index (κ3) is 3.13. The Labute approximate surface area is 144 Å². The molecule has 4 rings (SSSR count). The van der Waals surface area contributed by atoms with E-state index < -0.39 is 0 Å². The summed E-state index contributed by atoms with van der Waals surface area (Å²) in [4.78, 5) is 20.1. The van der Waals surface area contributed by atoms with Gasteiger partial charge in [-0.25, -0.2) is 9.37 Å². The SMILES string of the molecule is CC(C(=O)Nc1ccc2nc(-c3ccc(F)cc3)[nH]c2c1)C1CNC1. The van der Waals surface area contributed by atoms with Crippen molar-refractivity contribution in [1.29, 1.82) is 0 Å². The Hall–Kier alpha value is -2.73. The molecule has 1 unspecified atom stereocenters. The van der Waals surface area contributed by atoms with Crippen molar-refractivity contribution in [3.05, 3.63) is 48.3 Å². The van der Waals surface area contributed by atoms with Crippen LogP contribution in [-0.2, 0) is 4.79 Å². The van der Waals surface area contributed by atoms with E-state index in [1.54, 1.807) is 12.1 Å². The van der Waals surface area contributed by atoms with Crippen LogP contribution >= 0.6 is 0 Å². The highest BCUT2D eigenvalue weighted by Gasteiger charge is 2.28. The van der Waals surface area contributed by atoms with Gasteiger partial charge in [-0.2, -0.15) is 0 Å². The number of aromatic amines is 1. The molecule has 3 N–H and O–H groups in total. The Balaban J connectivity index is 1.55. The first-order valence-electron chi connectivity index (χ1n) is 8.37. The van der Waals surface area contributed by atoms with Crippen LogP contribution < -0.4 is 10.6 Å². The van der Waals surface area contributed by atoms with E-state index in [-0.39, 0.29) is 17.6 Å². The summed E-state index contributed by atoms with van der Waals surface area (Å²) in [7, 11) is 0. The molecule has 1 aliphatic rings. The van der Waals surface area contributed by atoms with E-state index >= 15 is 0 Å². The fourth-order valence-corrected chi connectivity index (χ4v) is 2.97. The van der Waals surface area contributed by atoms with Gasteiger partial charge in [-0.15, -0.1) is 0 Å². The van der Waals surface area contributed by atoms with Crippen LogP contribution in [0.5, 0.6) is 0 Å². The van der Waals surface area contributed by atoms with Crippen molar-refractivity contribution in [3.8, 4) is 11.4 Å². The molecule has 5 nitrogen and oxygen atoms in total. The van der Waals surface area contributed by atoms with Crippen LogP contribution in [-0.4, -0.2) is 29.0 Å². The number of hydrogen-bond donors (Lipinski definition) is 3. The highest BCUT2D eigenvalue weighted by molar-refractivity contribution is 5.94. The first-order chi connectivity index (χ1) is 12.1. The Bertz CT molecular complexity index is 915. The number of hydrogen-bond acceptors (Lipinski definition) is 3. The highest BCUT2D eigenvalue weighted by Crippen LogP contribution is 2.24. The number of anilines is 1. The summed E-state index contributed by atoms with van der Waals surface area (Å²) in [5.41, 5.74) is 3.18. The largest absolute Gasteiger partial charge is 0.338 e. The molecule has 2 heterocycles. The summed E-state index contributed by atoms with van der Waals surface area (Å²) in [6, 6.07) is 11.8. The number of amides is 1. The summed E-state index contributed by atoms with van der Waals surface area (Å²) in [5.74, 6) is 0.812. The maximum Gasteiger partial charge on any atom is 0.227 e. The van der Waals surface area contributed by atoms with Crippen LogP contribution in [0.15, 0.2) is 42.5 Å². The van der Waals surface area contributed by atoms with Gasteiger partial charge in [0.15, 0.2) is 0 Å². The van der Waals surface area contributed by atoms with Crippen molar-refractivity contribution < 1.29 is 9.18 Å². The molecule has 1 amide bonds. The summed E-state index contributed by atoms with van der Waals surface area (Å²) in [5, 5.41) is 6.17. The van der Waals surface area contributed by atoms with Crippen LogP contribution in [0.2, 0.25) is 0 Å². The molecule has 1 aromatic heterocycles. The van der Waals surface area contributed by atoms with E-state index in [0.717, 1.165) is 35.4 Å². The van der Waals surface area contributed by atoms with Crippen LogP contribution in [0, 0.1) is 17.7 Å². The number of imidazole rings is 1. The van der Waals surface area contributed by atoms with E-state index in [2.05, 4.69) is 20.6 Å². The van der Waals surface area contributed by atoms with Crippen molar-refractivity contribution >= 4 is 22.6 Å². The summed E-state index contributed by atoms with van der Waals surface area (Å²) in [6.07, 6.45) is 0. The van der Waals surface area contributed by atoms with Gasteiger partial charge in [0.25, 0.3) is 0 Å². The van der Waals surface area contributed by atoms with Crippen molar-refractivity contribution in [1.82, 2.24) is 15.3 Å². The van der Waals surface area contributed by atoms with Crippen LogP contribution in [0.4, 0.5) is 10.1 Å². The van der Waals surface area contributed by atoms with E-state index in [1.165, 1.54) is 12.1 Å². The zero-order valence-corrected chi connectivity index (χ0v) is 13.8. The Morgan fingerprint density at radius 2 is 2.00 bits per heavy atom. The van der Waals surface area contributed by atoms with Gasteiger partial charge in [0.1, 0.15) is 11.6 Å². The molecule has 6 heteroatoms. The molecule has 0 aliphatic carbocycles. The molecule has 2 aromatic carbocycles. The minimum atomic E-state index is -0.277. The normalized spacial score (nSPS) is 15.8. The second-order valence-electron chi connectivity index (χ2n) is 6.52. The molecule has 3 aromatic rings. The van der Waals surface area contributed by atoms with Gasteiger partial charge in [-0.1, -0.05) is 6.92 Å². The van der Waals surface area contributed by atoms with Crippen molar-refractivity contribution in [3.63, 3.8) is 0 Å². The van der Waals surface area contributed by atoms with Crippen LogP contribution in [0.1, 0.15) is 6.92 Å². The van der Waals surface area contributed by atoms with E-state index in [4.69, 9.17) is 0 Å². The quantitative estimate of drug-likeness (QED) is 0.684. The highest BCUT2D eigenvalue weighted by atomic mass is 19.1. The molecule has 1 atom stereocenters. The topological polar surface area (TPSA) is 69.8 Å². The molecule has 1 saturated heterocycles. The molecular formula is C19H19FN4O. The molecular weight excluding hydrogens is 319 g/mol. The third-order valence-electron chi connectivity index (χ3n) is 4.80. The number of fused-ring (bicyclic) bond motifs is 1. The summed E-state index contributed by atoms with van der Waals surface area (Å²) < 4.78 is 13.1. The molecule has 0 saturated carbocycles.